The number of likely N-dealkylation sites (tertiary alicyclic amines) is 1. The van der Waals surface area contributed by atoms with Gasteiger partial charge in [-0.15, -0.1) is 0 Å². The molecule has 2 saturated heterocycles. The molecule has 1 N–H and O–H groups in total. The molecule has 2 heterocycles. The molecule has 2 atom stereocenters. The SMILES string of the molecule is CC(C)(C)OC(=O)N1CCC2(CCOCC2CO)C1. The average Bonchev–Trinajstić information content (AvgIpc) is 2.73. The average molecular weight is 271 g/mol. The van der Waals surface area contributed by atoms with Gasteiger partial charge < -0.3 is 19.5 Å². The molecule has 0 aromatic heterocycles. The number of carbonyl (C=O) groups excluding carboxylic acids is 1. The lowest BCUT2D eigenvalue weighted by molar-refractivity contribution is -0.0581. The molecule has 5 heteroatoms. The quantitative estimate of drug-likeness (QED) is 0.787. The van der Waals surface area contributed by atoms with Crippen LogP contribution in [0.5, 0.6) is 0 Å². The number of hydrogen-bond acceptors (Lipinski definition) is 4. The molecule has 0 aromatic carbocycles. The highest BCUT2D eigenvalue weighted by Crippen LogP contribution is 2.43. The van der Waals surface area contributed by atoms with Gasteiger partial charge in [0.1, 0.15) is 5.60 Å². The molecule has 0 aliphatic carbocycles. The Morgan fingerprint density at radius 2 is 2.21 bits per heavy atom. The molecule has 2 aliphatic heterocycles. The first-order chi connectivity index (χ1) is 8.86. The molecule has 0 saturated carbocycles. The van der Waals surface area contributed by atoms with Crippen LogP contribution in [0.3, 0.4) is 0 Å². The molecule has 5 nitrogen and oxygen atoms in total. The number of amides is 1. The number of hydrogen-bond donors (Lipinski definition) is 1. The molecular weight excluding hydrogens is 246 g/mol. The highest BCUT2D eigenvalue weighted by Gasteiger charge is 2.47. The molecule has 1 amide bonds. The Morgan fingerprint density at radius 3 is 2.84 bits per heavy atom. The molecular formula is C14H25NO4. The molecule has 2 aliphatic rings. The maximum atomic E-state index is 12.1. The van der Waals surface area contributed by atoms with E-state index in [2.05, 4.69) is 0 Å². The third kappa shape index (κ3) is 3.20. The van der Waals surface area contributed by atoms with Crippen LogP contribution >= 0.6 is 0 Å². The van der Waals surface area contributed by atoms with Gasteiger partial charge in [0.15, 0.2) is 0 Å². The fraction of sp³-hybridized carbons (Fsp3) is 0.929. The number of ether oxygens (including phenoxy) is 2. The molecule has 2 rings (SSSR count). The van der Waals surface area contributed by atoms with E-state index < -0.39 is 5.60 Å². The van der Waals surface area contributed by atoms with Crippen LogP contribution < -0.4 is 0 Å². The summed E-state index contributed by atoms with van der Waals surface area (Å²) in [5.74, 6) is 0.133. The summed E-state index contributed by atoms with van der Waals surface area (Å²) in [6.07, 6.45) is 1.60. The van der Waals surface area contributed by atoms with Crippen molar-refractivity contribution in [1.29, 1.82) is 0 Å². The molecule has 110 valence electrons. The van der Waals surface area contributed by atoms with Crippen molar-refractivity contribution in [2.75, 3.05) is 32.9 Å². The predicted molar refractivity (Wildman–Crippen MR) is 70.9 cm³/mol. The van der Waals surface area contributed by atoms with Gasteiger partial charge in [-0.05, 0) is 39.0 Å². The van der Waals surface area contributed by atoms with E-state index in [1.54, 1.807) is 4.90 Å². The Kier molecular flexibility index (Phi) is 4.06. The number of rotatable bonds is 1. The third-order valence-corrected chi connectivity index (χ3v) is 4.19. The first kappa shape index (κ1) is 14.6. The Labute approximate surface area is 114 Å². The fourth-order valence-electron chi connectivity index (χ4n) is 3.04. The van der Waals surface area contributed by atoms with E-state index >= 15 is 0 Å². The van der Waals surface area contributed by atoms with Crippen LogP contribution in [0.1, 0.15) is 33.6 Å². The Morgan fingerprint density at radius 1 is 1.47 bits per heavy atom. The summed E-state index contributed by atoms with van der Waals surface area (Å²) in [7, 11) is 0. The zero-order chi connectivity index (χ0) is 14.1. The van der Waals surface area contributed by atoms with E-state index in [0.717, 1.165) is 19.4 Å². The summed E-state index contributed by atoms with van der Waals surface area (Å²) in [6.45, 7) is 8.46. The Balaban J connectivity index is 2.00. The minimum atomic E-state index is -0.459. The van der Waals surface area contributed by atoms with Gasteiger partial charge in [-0.2, -0.15) is 0 Å². The summed E-state index contributed by atoms with van der Waals surface area (Å²) in [5, 5.41) is 9.51. The van der Waals surface area contributed by atoms with Gasteiger partial charge in [-0.3, -0.25) is 0 Å². The molecule has 0 radical (unpaired) electrons. The van der Waals surface area contributed by atoms with Gasteiger partial charge in [-0.1, -0.05) is 0 Å². The lowest BCUT2D eigenvalue weighted by Crippen LogP contribution is -2.44. The van der Waals surface area contributed by atoms with Crippen LogP contribution in [0.15, 0.2) is 0 Å². The van der Waals surface area contributed by atoms with Crippen molar-refractivity contribution in [2.45, 2.75) is 39.2 Å². The lowest BCUT2D eigenvalue weighted by atomic mass is 9.71. The van der Waals surface area contributed by atoms with Crippen molar-refractivity contribution in [3.05, 3.63) is 0 Å². The molecule has 19 heavy (non-hydrogen) atoms. The van der Waals surface area contributed by atoms with Crippen molar-refractivity contribution in [3.63, 3.8) is 0 Å². The van der Waals surface area contributed by atoms with E-state index in [4.69, 9.17) is 9.47 Å². The van der Waals surface area contributed by atoms with Gasteiger partial charge in [0.05, 0.1) is 6.61 Å². The molecule has 0 bridgehead atoms. The van der Waals surface area contributed by atoms with E-state index in [0.29, 0.717) is 19.7 Å². The monoisotopic (exact) mass is 271 g/mol. The normalized spacial score (nSPS) is 31.8. The second-order valence-corrected chi connectivity index (χ2v) is 6.72. The minimum absolute atomic E-state index is 0.0178. The van der Waals surface area contributed by atoms with Crippen molar-refractivity contribution in [2.24, 2.45) is 11.3 Å². The third-order valence-electron chi connectivity index (χ3n) is 4.19. The van der Waals surface area contributed by atoms with Crippen molar-refractivity contribution in [3.8, 4) is 0 Å². The van der Waals surface area contributed by atoms with E-state index in [1.807, 2.05) is 20.8 Å². The largest absolute Gasteiger partial charge is 0.444 e. The molecule has 2 fully saturated rings. The van der Waals surface area contributed by atoms with Crippen LogP contribution in [0.4, 0.5) is 4.79 Å². The predicted octanol–water partition coefficient (Wildman–Crippen LogP) is 1.64. The summed E-state index contributed by atoms with van der Waals surface area (Å²) in [5.41, 5.74) is -0.442. The van der Waals surface area contributed by atoms with Crippen LogP contribution in [0.25, 0.3) is 0 Å². The van der Waals surface area contributed by atoms with Crippen LogP contribution in [0.2, 0.25) is 0 Å². The van der Waals surface area contributed by atoms with Crippen molar-refractivity contribution < 1.29 is 19.4 Å². The number of nitrogens with zero attached hydrogens (tertiary/aromatic N) is 1. The zero-order valence-corrected chi connectivity index (χ0v) is 12.1. The van der Waals surface area contributed by atoms with Gasteiger partial charge in [0, 0.05) is 32.2 Å². The molecule has 1 spiro atoms. The van der Waals surface area contributed by atoms with E-state index in [-0.39, 0.29) is 24.0 Å². The van der Waals surface area contributed by atoms with E-state index in [1.165, 1.54) is 0 Å². The summed E-state index contributed by atoms with van der Waals surface area (Å²) in [6, 6.07) is 0. The topological polar surface area (TPSA) is 59.0 Å². The highest BCUT2D eigenvalue weighted by atomic mass is 16.6. The maximum Gasteiger partial charge on any atom is 0.410 e. The summed E-state index contributed by atoms with van der Waals surface area (Å²) in [4.78, 5) is 13.9. The first-order valence-corrected chi connectivity index (χ1v) is 7.03. The van der Waals surface area contributed by atoms with Crippen LogP contribution in [-0.2, 0) is 9.47 Å². The van der Waals surface area contributed by atoms with Crippen molar-refractivity contribution in [1.82, 2.24) is 4.90 Å². The Bertz CT molecular complexity index is 339. The number of aliphatic hydroxyl groups excluding tert-OH is 1. The van der Waals surface area contributed by atoms with Gasteiger partial charge in [0.2, 0.25) is 0 Å². The van der Waals surface area contributed by atoms with E-state index in [9.17, 15) is 9.90 Å². The second kappa shape index (κ2) is 5.29. The van der Waals surface area contributed by atoms with Crippen LogP contribution in [-0.4, -0.2) is 54.6 Å². The fourth-order valence-corrected chi connectivity index (χ4v) is 3.04. The van der Waals surface area contributed by atoms with Crippen molar-refractivity contribution >= 4 is 6.09 Å². The summed E-state index contributed by atoms with van der Waals surface area (Å²) >= 11 is 0. The second-order valence-electron chi connectivity index (χ2n) is 6.72. The number of carbonyl (C=O) groups is 1. The smallest absolute Gasteiger partial charge is 0.410 e. The maximum absolute atomic E-state index is 12.1. The minimum Gasteiger partial charge on any atom is -0.444 e. The summed E-state index contributed by atoms with van der Waals surface area (Å²) < 4.78 is 10.9. The van der Waals surface area contributed by atoms with Gasteiger partial charge >= 0.3 is 6.09 Å². The van der Waals surface area contributed by atoms with Gasteiger partial charge in [0.25, 0.3) is 0 Å². The van der Waals surface area contributed by atoms with Crippen LogP contribution in [0, 0.1) is 11.3 Å². The highest BCUT2D eigenvalue weighted by molar-refractivity contribution is 5.68. The van der Waals surface area contributed by atoms with Gasteiger partial charge in [-0.25, -0.2) is 4.79 Å². The molecule has 0 aromatic rings. The Hall–Kier alpha value is -0.810. The standard InChI is InChI=1S/C14H25NO4/c1-13(2,3)19-12(17)15-6-4-14(10-15)5-7-18-9-11(14)8-16/h11,16H,4-10H2,1-3H3. The molecule has 2 unspecified atom stereocenters. The zero-order valence-electron chi connectivity index (χ0n) is 12.1. The lowest BCUT2D eigenvalue weighted by Gasteiger charge is -2.40. The number of aliphatic hydroxyl groups is 1. The first-order valence-electron chi connectivity index (χ1n) is 7.03.